The zero-order valence-corrected chi connectivity index (χ0v) is 13.3. The van der Waals surface area contributed by atoms with Crippen molar-refractivity contribution in [1.29, 1.82) is 0 Å². The first-order chi connectivity index (χ1) is 11.7. The molecule has 1 fully saturated rings. The predicted octanol–water partition coefficient (Wildman–Crippen LogP) is 2.99. The second kappa shape index (κ2) is 5.96. The number of furan rings is 1. The Labute approximate surface area is 139 Å². The molecule has 6 nitrogen and oxygen atoms in total. The largest absolute Gasteiger partial charge is 0.472 e. The van der Waals surface area contributed by atoms with Gasteiger partial charge in [-0.15, -0.1) is 0 Å². The molecule has 4 rings (SSSR count). The fourth-order valence-corrected chi connectivity index (χ4v) is 3.29. The summed E-state index contributed by atoms with van der Waals surface area (Å²) in [5.74, 6) is 1.27. The highest BCUT2D eigenvalue weighted by Crippen LogP contribution is 2.39. The summed E-state index contributed by atoms with van der Waals surface area (Å²) in [6.07, 6.45) is 2.99. The van der Waals surface area contributed by atoms with Gasteiger partial charge >= 0.3 is 0 Å². The quantitative estimate of drug-likeness (QED) is 0.741. The Morgan fingerprint density at radius 2 is 1.96 bits per heavy atom. The lowest BCUT2D eigenvalue weighted by Gasteiger charge is -2.15. The Morgan fingerprint density at radius 1 is 1.17 bits per heavy atom. The fraction of sp³-hybridized carbons (Fsp3) is 0.278. The first kappa shape index (κ1) is 14.7. The fourth-order valence-electron chi connectivity index (χ4n) is 3.29. The zero-order chi connectivity index (χ0) is 16.5. The smallest absolute Gasteiger partial charge is 0.257 e. The molecule has 1 aromatic carbocycles. The SMILES string of the molecule is Cc1noc([C@@H]2CN(C(=O)c3ccoc3)C[C@H]2c2ccccc2)n1. The highest BCUT2D eigenvalue weighted by Gasteiger charge is 2.40. The Morgan fingerprint density at radius 3 is 2.62 bits per heavy atom. The van der Waals surface area contributed by atoms with Gasteiger partial charge in [0.25, 0.3) is 5.91 Å². The van der Waals surface area contributed by atoms with Gasteiger partial charge in [-0.2, -0.15) is 4.98 Å². The van der Waals surface area contributed by atoms with Gasteiger partial charge in [-0.25, -0.2) is 0 Å². The van der Waals surface area contributed by atoms with Gasteiger partial charge in [0.15, 0.2) is 5.82 Å². The van der Waals surface area contributed by atoms with Crippen molar-refractivity contribution >= 4 is 5.91 Å². The van der Waals surface area contributed by atoms with E-state index in [2.05, 4.69) is 22.3 Å². The Kier molecular flexibility index (Phi) is 3.65. The maximum atomic E-state index is 12.7. The molecule has 3 aromatic rings. The monoisotopic (exact) mass is 323 g/mol. The maximum Gasteiger partial charge on any atom is 0.257 e. The molecule has 1 aliphatic heterocycles. The van der Waals surface area contributed by atoms with Gasteiger partial charge in [-0.3, -0.25) is 4.79 Å². The molecule has 2 aromatic heterocycles. The number of rotatable bonds is 3. The van der Waals surface area contributed by atoms with Crippen LogP contribution in [0.25, 0.3) is 0 Å². The van der Waals surface area contributed by atoms with Crippen molar-refractivity contribution in [3.63, 3.8) is 0 Å². The number of aryl methyl sites for hydroxylation is 1. The first-order valence-electron chi connectivity index (χ1n) is 7.89. The van der Waals surface area contributed by atoms with Gasteiger partial charge in [-0.1, -0.05) is 35.5 Å². The average Bonchev–Trinajstić information content (AvgIpc) is 3.35. The van der Waals surface area contributed by atoms with Crippen LogP contribution in [0.3, 0.4) is 0 Å². The van der Waals surface area contributed by atoms with Gasteiger partial charge in [0.2, 0.25) is 5.89 Å². The molecule has 0 spiro atoms. The number of likely N-dealkylation sites (tertiary alicyclic amines) is 1. The van der Waals surface area contributed by atoms with Crippen LogP contribution in [0.2, 0.25) is 0 Å². The minimum atomic E-state index is -0.0385. The van der Waals surface area contributed by atoms with Crippen molar-refractivity contribution in [1.82, 2.24) is 15.0 Å². The summed E-state index contributed by atoms with van der Waals surface area (Å²) in [5.41, 5.74) is 1.73. The van der Waals surface area contributed by atoms with Crippen LogP contribution in [-0.2, 0) is 0 Å². The topological polar surface area (TPSA) is 72.4 Å². The van der Waals surface area contributed by atoms with E-state index in [9.17, 15) is 4.79 Å². The number of amides is 1. The van der Waals surface area contributed by atoms with Crippen molar-refractivity contribution in [2.45, 2.75) is 18.8 Å². The molecule has 3 heterocycles. The predicted molar refractivity (Wildman–Crippen MR) is 85.6 cm³/mol. The lowest BCUT2D eigenvalue weighted by atomic mass is 9.89. The van der Waals surface area contributed by atoms with Crippen LogP contribution in [-0.4, -0.2) is 34.0 Å². The summed E-state index contributed by atoms with van der Waals surface area (Å²) in [5, 5.41) is 3.90. The number of carbonyl (C=O) groups is 1. The lowest BCUT2D eigenvalue weighted by molar-refractivity contribution is 0.0787. The Hall–Kier alpha value is -2.89. The first-order valence-corrected chi connectivity index (χ1v) is 7.89. The van der Waals surface area contributed by atoms with Crippen LogP contribution >= 0.6 is 0 Å². The number of aromatic nitrogens is 2. The van der Waals surface area contributed by atoms with E-state index in [1.54, 1.807) is 13.0 Å². The molecule has 1 aliphatic rings. The molecule has 1 saturated heterocycles. The van der Waals surface area contributed by atoms with Crippen LogP contribution in [0, 0.1) is 6.92 Å². The third kappa shape index (κ3) is 2.60. The lowest BCUT2D eigenvalue weighted by Crippen LogP contribution is -2.28. The second-order valence-electron chi connectivity index (χ2n) is 6.03. The molecule has 6 heteroatoms. The van der Waals surface area contributed by atoms with E-state index in [0.717, 1.165) is 0 Å². The summed E-state index contributed by atoms with van der Waals surface area (Å²) < 4.78 is 10.4. The summed E-state index contributed by atoms with van der Waals surface area (Å²) in [6, 6.07) is 11.8. The summed E-state index contributed by atoms with van der Waals surface area (Å²) in [4.78, 5) is 18.9. The molecule has 0 bridgehead atoms. The molecular weight excluding hydrogens is 306 g/mol. The maximum absolute atomic E-state index is 12.7. The van der Waals surface area contributed by atoms with Gasteiger partial charge in [0.1, 0.15) is 6.26 Å². The molecule has 0 saturated carbocycles. The number of benzene rings is 1. The zero-order valence-electron chi connectivity index (χ0n) is 13.3. The molecule has 0 aliphatic carbocycles. The molecule has 24 heavy (non-hydrogen) atoms. The second-order valence-corrected chi connectivity index (χ2v) is 6.03. The third-order valence-corrected chi connectivity index (χ3v) is 4.46. The third-order valence-electron chi connectivity index (χ3n) is 4.46. The Balaban J connectivity index is 1.66. The van der Waals surface area contributed by atoms with Crippen LogP contribution in [0.4, 0.5) is 0 Å². The van der Waals surface area contributed by atoms with Crippen molar-refractivity contribution in [3.05, 3.63) is 71.8 Å². The highest BCUT2D eigenvalue weighted by molar-refractivity contribution is 5.94. The van der Waals surface area contributed by atoms with E-state index >= 15 is 0 Å². The van der Waals surface area contributed by atoms with Crippen LogP contribution < -0.4 is 0 Å². The number of nitrogens with zero attached hydrogens (tertiary/aromatic N) is 3. The Bertz CT molecular complexity index is 826. The van der Waals surface area contributed by atoms with E-state index in [4.69, 9.17) is 8.94 Å². The molecular formula is C18H17N3O3. The molecule has 122 valence electrons. The minimum Gasteiger partial charge on any atom is -0.472 e. The van der Waals surface area contributed by atoms with Crippen LogP contribution in [0.15, 0.2) is 57.9 Å². The normalized spacial score (nSPS) is 20.5. The number of carbonyl (C=O) groups excluding carboxylic acids is 1. The van der Waals surface area contributed by atoms with Crippen molar-refractivity contribution in [3.8, 4) is 0 Å². The van der Waals surface area contributed by atoms with E-state index < -0.39 is 0 Å². The molecule has 2 atom stereocenters. The molecule has 0 unspecified atom stereocenters. The van der Waals surface area contributed by atoms with Crippen molar-refractivity contribution in [2.75, 3.05) is 13.1 Å². The minimum absolute atomic E-state index is 0.00977. The van der Waals surface area contributed by atoms with E-state index in [0.29, 0.717) is 30.4 Å². The van der Waals surface area contributed by atoms with Crippen LogP contribution in [0.5, 0.6) is 0 Å². The van der Waals surface area contributed by atoms with Gasteiger partial charge in [-0.05, 0) is 18.6 Å². The molecule has 1 amide bonds. The average molecular weight is 323 g/mol. The summed E-state index contributed by atoms with van der Waals surface area (Å²) in [7, 11) is 0. The van der Waals surface area contributed by atoms with Gasteiger partial charge < -0.3 is 13.8 Å². The van der Waals surface area contributed by atoms with Gasteiger partial charge in [0.05, 0.1) is 17.7 Å². The van der Waals surface area contributed by atoms with E-state index in [1.165, 1.54) is 18.1 Å². The van der Waals surface area contributed by atoms with Gasteiger partial charge in [0, 0.05) is 19.0 Å². The van der Waals surface area contributed by atoms with Crippen LogP contribution in [0.1, 0.15) is 39.5 Å². The number of hydrogen-bond donors (Lipinski definition) is 0. The molecule has 0 N–H and O–H groups in total. The number of hydrogen-bond acceptors (Lipinski definition) is 5. The summed E-state index contributed by atoms with van der Waals surface area (Å²) >= 11 is 0. The standard InChI is InChI=1S/C18H17N3O3/c1-12-19-17(24-20-12)16-10-21(18(22)14-7-8-23-11-14)9-15(16)13-5-3-2-4-6-13/h2-8,11,15-16H,9-10H2,1H3/t15-,16+/m0/s1. The van der Waals surface area contributed by atoms with E-state index in [1.807, 2.05) is 23.1 Å². The van der Waals surface area contributed by atoms with Crippen molar-refractivity contribution in [2.24, 2.45) is 0 Å². The van der Waals surface area contributed by atoms with E-state index in [-0.39, 0.29) is 17.7 Å². The van der Waals surface area contributed by atoms with Crippen molar-refractivity contribution < 1.29 is 13.7 Å². The molecule has 0 radical (unpaired) electrons. The summed E-state index contributed by atoms with van der Waals surface area (Å²) in [6.45, 7) is 2.96. The highest BCUT2D eigenvalue weighted by atomic mass is 16.5.